The van der Waals surface area contributed by atoms with Gasteiger partial charge in [-0.2, -0.15) is 0 Å². The molecule has 6 rings (SSSR count). The largest absolute Gasteiger partial charge is 0.354 e. The first-order valence-corrected chi connectivity index (χ1v) is 10.2. The molecule has 0 fully saturated rings. The van der Waals surface area contributed by atoms with Gasteiger partial charge in [-0.1, -0.05) is 91.0 Å². The average molecular weight is 371 g/mol. The molecule has 1 aromatic heterocycles. The van der Waals surface area contributed by atoms with Gasteiger partial charge in [0.1, 0.15) is 0 Å². The number of rotatable bonds is 3. The highest BCUT2D eigenvalue weighted by Gasteiger charge is 2.19. The maximum atomic E-state index is 3.67. The van der Waals surface area contributed by atoms with Crippen molar-refractivity contribution < 1.29 is 0 Å². The van der Waals surface area contributed by atoms with Crippen LogP contribution in [-0.4, -0.2) is 4.98 Å². The fourth-order valence-corrected chi connectivity index (χ4v) is 4.75. The first-order valence-electron chi connectivity index (χ1n) is 10.2. The Morgan fingerprint density at radius 2 is 1.41 bits per heavy atom. The van der Waals surface area contributed by atoms with Gasteiger partial charge in [-0.25, -0.2) is 0 Å². The minimum Gasteiger partial charge on any atom is -0.354 e. The summed E-state index contributed by atoms with van der Waals surface area (Å²) >= 11 is 0. The van der Waals surface area contributed by atoms with Gasteiger partial charge in [0.25, 0.3) is 0 Å². The van der Waals surface area contributed by atoms with Gasteiger partial charge in [0, 0.05) is 17.3 Å². The highest BCUT2D eigenvalue weighted by molar-refractivity contribution is 5.91. The highest BCUT2D eigenvalue weighted by Crippen LogP contribution is 2.38. The fraction of sp³-hybridized carbons (Fsp3) is 0.0714. The Hall–Kier alpha value is -3.58. The second kappa shape index (κ2) is 6.49. The van der Waals surface area contributed by atoms with Crippen LogP contribution < -0.4 is 0 Å². The third kappa shape index (κ3) is 2.70. The lowest BCUT2D eigenvalue weighted by Gasteiger charge is -2.08. The number of H-pyrrole nitrogens is 1. The number of aromatic nitrogens is 1. The molecule has 1 heterocycles. The first kappa shape index (κ1) is 16.4. The van der Waals surface area contributed by atoms with E-state index in [0.29, 0.717) is 0 Å². The van der Waals surface area contributed by atoms with Gasteiger partial charge in [0.2, 0.25) is 0 Å². The molecular weight excluding hydrogens is 350 g/mol. The summed E-state index contributed by atoms with van der Waals surface area (Å²) in [5, 5.41) is 1.31. The molecule has 1 aliphatic carbocycles. The maximum Gasteiger partial charge on any atom is 0.0500 e. The molecule has 0 saturated heterocycles. The van der Waals surface area contributed by atoms with E-state index in [-0.39, 0.29) is 0 Å². The van der Waals surface area contributed by atoms with Crippen LogP contribution in [0.15, 0.2) is 97.1 Å². The van der Waals surface area contributed by atoms with E-state index in [0.717, 1.165) is 12.8 Å². The van der Waals surface area contributed by atoms with Crippen molar-refractivity contribution in [3.63, 3.8) is 0 Å². The molecule has 138 valence electrons. The molecule has 1 aliphatic rings. The van der Waals surface area contributed by atoms with Gasteiger partial charge < -0.3 is 4.98 Å². The zero-order chi connectivity index (χ0) is 19.2. The molecule has 0 amide bonds. The molecule has 0 atom stereocenters. The van der Waals surface area contributed by atoms with Crippen molar-refractivity contribution in [1.29, 1.82) is 0 Å². The van der Waals surface area contributed by atoms with Crippen molar-refractivity contribution in [2.75, 3.05) is 0 Å². The summed E-state index contributed by atoms with van der Waals surface area (Å²) in [6.45, 7) is 0. The van der Waals surface area contributed by atoms with Crippen molar-refractivity contribution in [3.8, 4) is 22.4 Å². The van der Waals surface area contributed by atoms with Crippen molar-refractivity contribution in [3.05, 3.63) is 119 Å². The van der Waals surface area contributed by atoms with Crippen LogP contribution in [-0.2, 0) is 12.8 Å². The minimum absolute atomic E-state index is 0.928. The summed E-state index contributed by atoms with van der Waals surface area (Å²) in [7, 11) is 0. The lowest BCUT2D eigenvalue weighted by atomic mass is 9.96. The van der Waals surface area contributed by atoms with Crippen LogP contribution in [0, 0.1) is 0 Å². The van der Waals surface area contributed by atoms with Crippen molar-refractivity contribution in [2.45, 2.75) is 12.8 Å². The Kier molecular flexibility index (Phi) is 3.67. The van der Waals surface area contributed by atoms with Crippen LogP contribution in [0.3, 0.4) is 0 Å². The number of benzene rings is 4. The highest BCUT2D eigenvalue weighted by atomic mass is 14.7. The fourth-order valence-electron chi connectivity index (χ4n) is 4.75. The number of hydrogen-bond acceptors (Lipinski definition) is 0. The monoisotopic (exact) mass is 371 g/mol. The van der Waals surface area contributed by atoms with E-state index in [9.17, 15) is 0 Å². The van der Waals surface area contributed by atoms with Crippen molar-refractivity contribution in [1.82, 2.24) is 4.98 Å². The third-order valence-corrected chi connectivity index (χ3v) is 6.12. The van der Waals surface area contributed by atoms with Gasteiger partial charge in [0.05, 0.1) is 5.69 Å². The Labute approximate surface area is 170 Å². The molecule has 1 nitrogen and oxygen atoms in total. The van der Waals surface area contributed by atoms with E-state index in [1.54, 1.807) is 0 Å². The summed E-state index contributed by atoms with van der Waals surface area (Å²) in [5.74, 6) is 0. The predicted octanol–water partition coefficient (Wildman–Crippen LogP) is 7.00. The summed E-state index contributed by atoms with van der Waals surface area (Å²) < 4.78 is 0. The summed E-state index contributed by atoms with van der Waals surface area (Å²) in [6, 6.07) is 35.1. The van der Waals surface area contributed by atoms with Crippen LogP contribution in [0.5, 0.6) is 0 Å². The van der Waals surface area contributed by atoms with Gasteiger partial charge in [-0.15, -0.1) is 0 Å². The van der Waals surface area contributed by atoms with Gasteiger partial charge in [-0.3, -0.25) is 0 Å². The molecule has 0 spiro atoms. The van der Waals surface area contributed by atoms with E-state index in [1.165, 1.54) is 55.5 Å². The summed E-state index contributed by atoms with van der Waals surface area (Å²) in [5.41, 5.74) is 12.1. The van der Waals surface area contributed by atoms with Crippen LogP contribution in [0.1, 0.15) is 22.3 Å². The van der Waals surface area contributed by atoms with E-state index < -0.39 is 0 Å². The van der Waals surface area contributed by atoms with Crippen molar-refractivity contribution >= 4 is 10.9 Å². The van der Waals surface area contributed by atoms with Crippen LogP contribution in [0.2, 0.25) is 0 Å². The zero-order valence-corrected chi connectivity index (χ0v) is 16.2. The van der Waals surface area contributed by atoms with Crippen LogP contribution in [0.4, 0.5) is 0 Å². The molecule has 0 unspecified atom stereocenters. The molecule has 4 aromatic carbocycles. The third-order valence-electron chi connectivity index (χ3n) is 6.12. The lowest BCUT2D eigenvalue weighted by molar-refractivity contribution is 1.18. The summed E-state index contributed by atoms with van der Waals surface area (Å²) in [6.07, 6.45) is 1.97. The second-order valence-electron chi connectivity index (χ2n) is 7.89. The van der Waals surface area contributed by atoms with E-state index >= 15 is 0 Å². The van der Waals surface area contributed by atoms with Gasteiger partial charge in [-0.05, 0) is 51.4 Å². The standard InChI is InChI=1S/C28H21N/c1-2-8-20(9-3-1)28-26(25-12-6-7-13-27(25)29-28)17-19-14-15-24-22(16-19)18-21-10-4-5-11-23(21)24/h1-16,29H,17-18H2. The number of para-hydroxylation sites is 1. The Balaban J connectivity index is 1.45. The number of hydrogen-bond donors (Lipinski definition) is 1. The van der Waals surface area contributed by atoms with Crippen LogP contribution in [0.25, 0.3) is 33.3 Å². The Bertz CT molecular complexity index is 1340. The molecule has 0 saturated carbocycles. The normalized spacial score (nSPS) is 12.1. The zero-order valence-electron chi connectivity index (χ0n) is 16.2. The SMILES string of the molecule is c1ccc(-c2[nH]c3ccccc3c2Cc2ccc3c(c2)Cc2ccccc2-3)cc1. The van der Waals surface area contributed by atoms with Crippen molar-refractivity contribution in [2.24, 2.45) is 0 Å². The molecular formula is C28H21N. The molecule has 29 heavy (non-hydrogen) atoms. The first-order chi connectivity index (χ1) is 14.4. The maximum absolute atomic E-state index is 3.67. The van der Waals surface area contributed by atoms with Gasteiger partial charge >= 0.3 is 0 Å². The summed E-state index contributed by atoms with van der Waals surface area (Å²) in [4.78, 5) is 3.67. The Morgan fingerprint density at radius 3 is 2.34 bits per heavy atom. The average Bonchev–Trinajstić information content (AvgIpc) is 3.32. The molecule has 1 N–H and O–H groups in total. The smallest absolute Gasteiger partial charge is 0.0500 e. The van der Waals surface area contributed by atoms with Gasteiger partial charge in [0.15, 0.2) is 0 Å². The van der Waals surface area contributed by atoms with E-state index in [2.05, 4.69) is 102 Å². The molecule has 0 bridgehead atoms. The quantitative estimate of drug-likeness (QED) is 0.345. The van der Waals surface area contributed by atoms with Crippen LogP contribution >= 0.6 is 0 Å². The van der Waals surface area contributed by atoms with E-state index in [1.807, 2.05) is 0 Å². The number of aromatic amines is 1. The second-order valence-corrected chi connectivity index (χ2v) is 7.89. The molecule has 5 aromatic rings. The number of nitrogens with one attached hydrogen (secondary N) is 1. The number of fused-ring (bicyclic) bond motifs is 4. The lowest BCUT2D eigenvalue weighted by Crippen LogP contribution is -1.92. The molecule has 0 aliphatic heterocycles. The Morgan fingerprint density at radius 1 is 0.655 bits per heavy atom. The minimum atomic E-state index is 0.928. The molecule has 1 heteroatoms. The topological polar surface area (TPSA) is 15.8 Å². The predicted molar refractivity (Wildman–Crippen MR) is 121 cm³/mol. The van der Waals surface area contributed by atoms with E-state index in [4.69, 9.17) is 0 Å². The molecule has 0 radical (unpaired) electrons.